The summed E-state index contributed by atoms with van der Waals surface area (Å²) in [5.74, 6) is -0.131. The van der Waals surface area contributed by atoms with Gasteiger partial charge in [-0.15, -0.1) is 0 Å². The van der Waals surface area contributed by atoms with Gasteiger partial charge in [0.05, 0.1) is 6.54 Å². The van der Waals surface area contributed by atoms with Crippen molar-refractivity contribution in [3.63, 3.8) is 0 Å². The SMILES string of the molecule is O=[N+]([O-])c1ncn(Cc2ccccc2)c1C=Cc1ccccc1. The fraction of sp³-hybridized carbons (Fsp3) is 0.0556. The average Bonchev–Trinajstić information content (AvgIpc) is 2.98. The molecular weight excluding hydrogens is 290 g/mol. The predicted molar refractivity (Wildman–Crippen MR) is 89.8 cm³/mol. The number of aromatic nitrogens is 2. The molecule has 5 nitrogen and oxygen atoms in total. The summed E-state index contributed by atoms with van der Waals surface area (Å²) in [5, 5.41) is 11.2. The Kier molecular flexibility index (Phi) is 4.29. The molecule has 0 atom stereocenters. The highest BCUT2D eigenvalue weighted by molar-refractivity contribution is 5.71. The molecule has 0 bridgehead atoms. The van der Waals surface area contributed by atoms with Crippen molar-refractivity contribution in [3.05, 3.63) is 93.9 Å². The van der Waals surface area contributed by atoms with Crippen molar-refractivity contribution in [2.75, 3.05) is 0 Å². The lowest BCUT2D eigenvalue weighted by molar-refractivity contribution is -0.389. The highest BCUT2D eigenvalue weighted by Crippen LogP contribution is 2.20. The lowest BCUT2D eigenvalue weighted by Crippen LogP contribution is -2.01. The van der Waals surface area contributed by atoms with Crippen molar-refractivity contribution >= 4 is 18.0 Å². The summed E-state index contributed by atoms with van der Waals surface area (Å²) < 4.78 is 1.78. The van der Waals surface area contributed by atoms with Crippen LogP contribution in [0.15, 0.2) is 67.0 Å². The molecule has 0 radical (unpaired) electrons. The monoisotopic (exact) mass is 305 g/mol. The first-order valence-corrected chi connectivity index (χ1v) is 7.20. The van der Waals surface area contributed by atoms with Crippen LogP contribution < -0.4 is 0 Å². The first kappa shape index (κ1) is 14.7. The molecule has 0 N–H and O–H groups in total. The Labute approximate surface area is 133 Å². The second kappa shape index (κ2) is 6.70. The molecule has 23 heavy (non-hydrogen) atoms. The van der Waals surface area contributed by atoms with Gasteiger partial charge in [0.2, 0.25) is 6.33 Å². The van der Waals surface area contributed by atoms with Gasteiger partial charge in [-0.1, -0.05) is 66.7 Å². The van der Waals surface area contributed by atoms with E-state index in [2.05, 4.69) is 4.98 Å². The summed E-state index contributed by atoms with van der Waals surface area (Å²) in [5.41, 5.74) is 2.53. The van der Waals surface area contributed by atoms with E-state index in [4.69, 9.17) is 0 Å². The van der Waals surface area contributed by atoms with Crippen molar-refractivity contribution in [1.29, 1.82) is 0 Å². The maximum Gasteiger partial charge on any atom is 0.389 e. The number of hydrogen-bond acceptors (Lipinski definition) is 3. The molecule has 0 amide bonds. The third-order valence-electron chi connectivity index (χ3n) is 3.46. The van der Waals surface area contributed by atoms with E-state index in [9.17, 15) is 10.1 Å². The molecule has 0 saturated heterocycles. The molecule has 0 aliphatic heterocycles. The zero-order chi connectivity index (χ0) is 16.1. The lowest BCUT2D eigenvalue weighted by atomic mass is 10.2. The van der Waals surface area contributed by atoms with Gasteiger partial charge in [-0.2, -0.15) is 0 Å². The molecule has 1 heterocycles. The fourth-order valence-electron chi connectivity index (χ4n) is 2.34. The van der Waals surface area contributed by atoms with E-state index in [0.29, 0.717) is 12.2 Å². The summed E-state index contributed by atoms with van der Waals surface area (Å²) in [6, 6.07) is 19.5. The Balaban J connectivity index is 1.94. The van der Waals surface area contributed by atoms with E-state index in [1.807, 2.05) is 66.7 Å². The number of benzene rings is 2. The van der Waals surface area contributed by atoms with Crippen LogP contribution in [0, 0.1) is 10.1 Å². The molecule has 114 valence electrons. The van der Waals surface area contributed by atoms with Crippen LogP contribution in [-0.2, 0) is 6.54 Å². The minimum Gasteiger partial charge on any atom is -0.358 e. The molecule has 1 aromatic heterocycles. The van der Waals surface area contributed by atoms with E-state index in [1.165, 1.54) is 6.33 Å². The zero-order valence-corrected chi connectivity index (χ0v) is 12.4. The normalized spacial score (nSPS) is 11.0. The Morgan fingerprint density at radius 3 is 2.30 bits per heavy atom. The third kappa shape index (κ3) is 3.52. The largest absolute Gasteiger partial charge is 0.389 e. The molecule has 0 spiro atoms. The number of imidazole rings is 1. The highest BCUT2D eigenvalue weighted by Gasteiger charge is 2.19. The molecule has 3 aromatic rings. The molecule has 0 fully saturated rings. The van der Waals surface area contributed by atoms with Gasteiger partial charge < -0.3 is 10.1 Å². The first-order chi connectivity index (χ1) is 11.2. The summed E-state index contributed by atoms with van der Waals surface area (Å²) in [7, 11) is 0. The summed E-state index contributed by atoms with van der Waals surface area (Å²) >= 11 is 0. The van der Waals surface area contributed by atoms with Gasteiger partial charge in [0, 0.05) is 0 Å². The number of hydrogen-bond donors (Lipinski definition) is 0. The van der Waals surface area contributed by atoms with Gasteiger partial charge in [0.1, 0.15) is 5.69 Å². The molecule has 3 rings (SSSR count). The van der Waals surface area contributed by atoms with Crippen LogP contribution in [-0.4, -0.2) is 14.5 Å². The molecule has 0 unspecified atom stereocenters. The van der Waals surface area contributed by atoms with Crippen LogP contribution in [0.5, 0.6) is 0 Å². The predicted octanol–water partition coefficient (Wildman–Crippen LogP) is 4.01. The molecular formula is C18H15N3O2. The second-order valence-corrected chi connectivity index (χ2v) is 5.07. The lowest BCUT2D eigenvalue weighted by Gasteiger charge is -2.04. The fourth-order valence-corrected chi connectivity index (χ4v) is 2.34. The molecule has 0 aliphatic rings. The quantitative estimate of drug-likeness (QED) is 0.528. The zero-order valence-electron chi connectivity index (χ0n) is 12.4. The minimum atomic E-state index is -0.452. The summed E-state index contributed by atoms with van der Waals surface area (Å²) in [6.45, 7) is 0.538. The van der Waals surface area contributed by atoms with E-state index in [0.717, 1.165) is 11.1 Å². The van der Waals surface area contributed by atoms with Crippen LogP contribution in [0.1, 0.15) is 16.8 Å². The Morgan fingerprint density at radius 2 is 1.65 bits per heavy atom. The molecule has 2 aromatic carbocycles. The topological polar surface area (TPSA) is 61.0 Å². The summed E-state index contributed by atoms with van der Waals surface area (Å²) in [6.07, 6.45) is 5.10. The highest BCUT2D eigenvalue weighted by atomic mass is 16.6. The standard InChI is InChI=1S/C18H15N3O2/c22-21(23)18-17(12-11-15-7-3-1-4-8-15)20(14-19-18)13-16-9-5-2-6-10-16/h1-12,14H,13H2. The second-order valence-electron chi connectivity index (χ2n) is 5.07. The van der Waals surface area contributed by atoms with Gasteiger partial charge in [-0.25, -0.2) is 0 Å². The van der Waals surface area contributed by atoms with Crippen LogP contribution in [0.4, 0.5) is 5.82 Å². The Morgan fingerprint density at radius 1 is 1.00 bits per heavy atom. The molecule has 0 aliphatic carbocycles. The Bertz CT molecular complexity index is 824. The summed E-state index contributed by atoms with van der Waals surface area (Å²) in [4.78, 5) is 14.7. The van der Waals surface area contributed by atoms with Crippen LogP contribution >= 0.6 is 0 Å². The first-order valence-electron chi connectivity index (χ1n) is 7.20. The van der Waals surface area contributed by atoms with Crippen molar-refractivity contribution in [2.45, 2.75) is 6.54 Å². The van der Waals surface area contributed by atoms with Crippen molar-refractivity contribution < 1.29 is 4.92 Å². The molecule has 5 heteroatoms. The van der Waals surface area contributed by atoms with Crippen LogP contribution in [0.25, 0.3) is 12.2 Å². The van der Waals surface area contributed by atoms with Crippen LogP contribution in [0.3, 0.4) is 0 Å². The van der Waals surface area contributed by atoms with Gasteiger partial charge in [-0.3, -0.25) is 4.57 Å². The van der Waals surface area contributed by atoms with Crippen molar-refractivity contribution in [2.24, 2.45) is 0 Å². The van der Waals surface area contributed by atoms with Crippen molar-refractivity contribution in [3.8, 4) is 0 Å². The minimum absolute atomic E-state index is 0.131. The van der Waals surface area contributed by atoms with E-state index in [-0.39, 0.29) is 5.82 Å². The van der Waals surface area contributed by atoms with E-state index in [1.54, 1.807) is 10.6 Å². The molecule has 0 saturated carbocycles. The number of nitro groups is 1. The van der Waals surface area contributed by atoms with E-state index < -0.39 is 4.92 Å². The average molecular weight is 305 g/mol. The van der Waals surface area contributed by atoms with Gasteiger partial charge in [-0.05, 0) is 27.1 Å². The maximum atomic E-state index is 11.2. The smallest absolute Gasteiger partial charge is 0.358 e. The third-order valence-corrected chi connectivity index (χ3v) is 3.46. The van der Waals surface area contributed by atoms with E-state index >= 15 is 0 Å². The number of nitrogens with zero attached hydrogens (tertiary/aromatic N) is 3. The van der Waals surface area contributed by atoms with Gasteiger partial charge >= 0.3 is 5.82 Å². The van der Waals surface area contributed by atoms with Gasteiger partial charge in [0.15, 0.2) is 0 Å². The van der Waals surface area contributed by atoms with Crippen molar-refractivity contribution in [1.82, 2.24) is 9.55 Å². The van der Waals surface area contributed by atoms with Crippen LogP contribution in [0.2, 0.25) is 0 Å². The van der Waals surface area contributed by atoms with Gasteiger partial charge in [0.25, 0.3) is 0 Å². The maximum absolute atomic E-state index is 11.2. The number of rotatable bonds is 5. The Hall–Kier alpha value is -3.21.